The summed E-state index contributed by atoms with van der Waals surface area (Å²) in [4.78, 5) is 39.5. The van der Waals surface area contributed by atoms with Gasteiger partial charge < -0.3 is 15.1 Å². The van der Waals surface area contributed by atoms with E-state index in [-0.39, 0.29) is 12.1 Å². The van der Waals surface area contributed by atoms with E-state index in [1.165, 1.54) is 22.8 Å². The molecule has 0 radical (unpaired) electrons. The molecule has 1 N–H and O–H groups in total. The van der Waals surface area contributed by atoms with Crippen molar-refractivity contribution in [3.05, 3.63) is 90.0 Å². The second kappa shape index (κ2) is 10.7. The minimum Gasteiger partial charge on any atom is -0.369 e. The molecule has 12 heteroatoms. The van der Waals surface area contributed by atoms with E-state index in [1.807, 2.05) is 12.1 Å². The molecule has 202 valence electrons. The number of hydrogen-bond donors (Lipinski definition) is 1. The standard InChI is InChI=1S/C28H27FN10O/c1-3-11-38-27(40)21-16-32-28(33-19-7-9-20(10-8-19)37-14-12-36(2)13-15-37)35-26(21)39(38)25-6-4-5-22(34-25)23-17-31-24(29)18-30-23/h3-10,16-18H,1,11-15H2,2H3,(H,32,33,35). The second-order valence-electron chi connectivity index (χ2n) is 9.49. The molecule has 0 amide bonds. The van der Waals surface area contributed by atoms with Gasteiger partial charge in [0.05, 0.1) is 24.6 Å². The summed E-state index contributed by atoms with van der Waals surface area (Å²) in [6.07, 6.45) is 5.48. The van der Waals surface area contributed by atoms with Crippen LogP contribution in [0.5, 0.6) is 0 Å². The summed E-state index contributed by atoms with van der Waals surface area (Å²) in [6.45, 7) is 8.08. The third kappa shape index (κ3) is 4.92. The van der Waals surface area contributed by atoms with E-state index in [4.69, 9.17) is 4.98 Å². The molecule has 4 aromatic heterocycles. The molecule has 1 aliphatic heterocycles. The molecule has 1 aromatic carbocycles. The number of halogens is 1. The molecule has 0 bridgehead atoms. The van der Waals surface area contributed by atoms with E-state index in [9.17, 15) is 9.18 Å². The molecule has 40 heavy (non-hydrogen) atoms. The minimum absolute atomic E-state index is 0.230. The van der Waals surface area contributed by atoms with Crippen LogP contribution in [0.3, 0.4) is 0 Å². The lowest BCUT2D eigenvalue weighted by Crippen LogP contribution is -2.44. The van der Waals surface area contributed by atoms with Gasteiger partial charge in [0.25, 0.3) is 5.56 Å². The van der Waals surface area contributed by atoms with Crippen LogP contribution in [0.4, 0.5) is 21.7 Å². The van der Waals surface area contributed by atoms with Gasteiger partial charge in [-0.1, -0.05) is 12.1 Å². The maximum atomic E-state index is 13.3. The summed E-state index contributed by atoms with van der Waals surface area (Å²) in [5, 5.41) is 3.59. The fourth-order valence-corrected chi connectivity index (χ4v) is 4.69. The van der Waals surface area contributed by atoms with Crippen molar-refractivity contribution < 1.29 is 4.39 Å². The van der Waals surface area contributed by atoms with Gasteiger partial charge in [-0.25, -0.2) is 29.3 Å². The van der Waals surface area contributed by atoms with Gasteiger partial charge in [-0.3, -0.25) is 4.79 Å². The molecule has 5 heterocycles. The van der Waals surface area contributed by atoms with Crippen LogP contribution in [0.15, 0.2) is 78.5 Å². The Kier molecular flexibility index (Phi) is 6.74. The summed E-state index contributed by atoms with van der Waals surface area (Å²) in [6, 6.07) is 13.4. The highest BCUT2D eigenvalue weighted by molar-refractivity contribution is 5.77. The van der Waals surface area contributed by atoms with Crippen molar-refractivity contribution in [2.45, 2.75) is 6.54 Å². The number of aromatic nitrogens is 7. The molecule has 1 saturated heterocycles. The zero-order valence-corrected chi connectivity index (χ0v) is 21.9. The predicted octanol–water partition coefficient (Wildman–Crippen LogP) is 3.25. The van der Waals surface area contributed by atoms with E-state index >= 15 is 0 Å². The summed E-state index contributed by atoms with van der Waals surface area (Å²) < 4.78 is 16.4. The summed E-state index contributed by atoms with van der Waals surface area (Å²) >= 11 is 0. The number of nitrogens with zero attached hydrogens (tertiary/aromatic N) is 9. The highest BCUT2D eigenvalue weighted by atomic mass is 19.1. The Morgan fingerprint density at radius 1 is 0.950 bits per heavy atom. The van der Waals surface area contributed by atoms with E-state index in [2.05, 4.69) is 60.8 Å². The van der Waals surface area contributed by atoms with Gasteiger partial charge in [0, 0.05) is 43.8 Å². The van der Waals surface area contributed by atoms with Crippen molar-refractivity contribution in [2.24, 2.45) is 0 Å². The lowest BCUT2D eigenvalue weighted by Gasteiger charge is -2.34. The van der Waals surface area contributed by atoms with Crippen molar-refractivity contribution in [3.63, 3.8) is 0 Å². The molecular weight excluding hydrogens is 511 g/mol. The van der Waals surface area contributed by atoms with Crippen molar-refractivity contribution in [2.75, 3.05) is 43.4 Å². The first-order chi connectivity index (χ1) is 19.5. The first kappa shape index (κ1) is 25.3. The number of piperazine rings is 1. The molecule has 1 aliphatic rings. The minimum atomic E-state index is -0.679. The maximum Gasteiger partial charge on any atom is 0.278 e. The number of likely N-dealkylation sites (N-methyl/N-ethyl adjacent to an activating group) is 1. The van der Waals surface area contributed by atoms with E-state index in [0.717, 1.165) is 38.1 Å². The Morgan fingerprint density at radius 3 is 2.48 bits per heavy atom. The zero-order valence-electron chi connectivity index (χ0n) is 21.9. The Bertz CT molecular complexity index is 1720. The molecule has 5 aromatic rings. The molecule has 6 rings (SSSR count). The van der Waals surface area contributed by atoms with Crippen molar-refractivity contribution in [1.29, 1.82) is 0 Å². The van der Waals surface area contributed by atoms with Gasteiger partial charge in [0.2, 0.25) is 11.9 Å². The van der Waals surface area contributed by atoms with Crippen LogP contribution in [0.1, 0.15) is 0 Å². The number of nitrogens with one attached hydrogen (secondary N) is 1. The van der Waals surface area contributed by atoms with Crippen LogP contribution in [0.2, 0.25) is 0 Å². The maximum absolute atomic E-state index is 13.3. The fourth-order valence-electron chi connectivity index (χ4n) is 4.69. The van der Waals surface area contributed by atoms with Crippen molar-refractivity contribution in [3.8, 4) is 17.2 Å². The summed E-state index contributed by atoms with van der Waals surface area (Å²) in [5.41, 5.74) is 2.97. The molecular formula is C28H27FN10O. The molecule has 1 fully saturated rings. The van der Waals surface area contributed by atoms with E-state index in [0.29, 0.717) is 34.2 Å². The fraction of sp³-hybridized carbons (Fsp3) is 0.214. The highest BCUT2D eigenvalue weighted by Gasteiger charge is 2.19. The van der Waals surface area contributed by atoms with Crippen LogP contribution >= 0.6 is 0 Å². The van der Waals surface area contributed by atoms with Crippen LogP contribution in [-0.4, -0.2) is 72.4 Å². The quantitative estimate of drug-likeness (QED) is 0.312. The Hall–Kier alpha value is -4.97. The van der Waals surface area contributed by atoms with Gasteiger partial charge >= 0.3 is 0 Å². The number of benzene rings is 1. The number of rotatable bonds is 7. The Balaban J connectivity index is 1.35. The topological polar surface area (TPSA) is 110 Å². The van der Waals surface area contributed by atoms with Crippen molar-refractivity contribution in [1.82, 2.24) is 39.2 Å². The van der Waals surface area contributed by atoms with Gasteiger partial charge in [0.15, 0.2) is 11.5 Å². The summed E-state index contributed by atoms with van der Waals surface area (Å²) in [7, 11) is 2.14. The van der Waals surface area contributed by atoms with Crippen molar-refractivity contribution >= 4 is 28.4 Å². The number of pyridine rings is 1. The number of fused-ring (bicyclic) bond motifs is 1. The smallest absolute Gasteiger partial charge is 0.278 e. The predicted molar refractivity (Wildman–Crippen MR) is 152 cm³/mol. The van der Waals surface area contributed by atoms with E-state index < -0.39 is 5.95 Å². The SMILES string of the molecule is C=CCn1c(=O)c2cnc(Nc3ccc(N4CCN(C)CC4)cc3)nc2n1-c1cccc(-c2cnc(F)cn2)n1. The number of hydrogen-bond acceptors (Lipinski definition) is 9. The van der Waals surface area contributed by atoms with Crippen LogP contribution in [-0.2, 0) is 6.54 Å². The van der Waals surface area contributed by atoms with Gasteiger partial charge in [0.1, 0.15) is 11.1 Å². The zero-order chi connectivity index (χ0) is 27.6. The van der Waals surface area contributed by atoms with E-state index in [1.54, 1.807) is 29.0 Å². The molecule has 0 aliphatic carbocycles. The lowest BCUT2D eigenvalue weighted by atomic mass is 10.2. The second-order valence-corrected chi connectivity index (χ2v) is 9.49. The third-order valence-electron chi connectivity index (χ3n) is 6.80. The van der Waals surface area contributed by atoms with Gasteiger partial charge in [-0.15, -0.1) is 6.58 Å². The molecule has 0 unspecified atom stereocenters. The third-order valence-corrected chi connectivity index (χ3v) is 6.80. The molecule has 0 spiro atoms. The average molecular weight is 539 g/mol. The molecule has 0 atom stereocenters. The first-order valence-corrected chi connectivity index (χ1v) is 12.9. The van der Waals surface area contributed by atoms with Crippen LogP contribution < -0.4 is 15.8 Å². The van der Waals surface area contributed by atoms with Crippen LogP contribution in [0, 0.1) is 5.95 Å². The number of allylic oxidation sites excluding steroid dienone is 1. The lowest BCUT2D eigenvalue weighted by molar-refractivity contribution is 0.313. The monoisotopic (exact) mass is 538 g/mol. The largest absolute Gasteiger partial charge is 0.369 e. The molecule has 0 saturated carbocycles. The normalized spacial score (nSPS) is 14.0. The Labute approximate surface area is 229 Å². The van der Waals surface area contributed by atoms with Crippen LogP contribution in [0.25, 0.3) is 28.2 Å². The Morgan fingerprint density at radius 2 is 1.75 bits per heavy atom. The van der Waals surface area contributed by atoms with Gasteiger partial charge in [-0.05, 0) is 43.4 Å². The first-order valence-electron chi connectivity index (χ1n) is 12.9. The average Bonchev–Trinajstić information content (AvgIpc) is 3.25. The highest BCUT2D eigenvalue weighted by Crippen LogP contribution is 2.23. The summed E-state index contributed by atoms with van der Waals surface area (Å²) in [5.74, 6) is 0.0884. The number of anilines is 3. The van der Waals surface area contributed by atoms with Gasteiger partial charge in [-0.2, -0.15) is 9.37 Å². The molecule has 11 nitrogen and oxygen atoms in total.